The molecule has 3 aromatic rings. The van der Waals surface area contributed by atoms with E-state index >= 15 is 0 Å². The number of anilines is 2. The molecule has 1 aliphatic rings. The number of rotatable bonds is 6. The first-order chi connectivity index (χ1) is 15.0. The normalized spacial score (nSPS) is 15.7. The number of carbonyl (C=O) groups excluding carboxylic acids is 2. The van der Waals surface area contributed by atoms with E-state index in [2.05, 4.69) is 5.32 Å². The Bertz CT molecular complexity index is 1090. The first kappa shape index (κ1) is 20.9. The van der Waals surface area contributed by atoms with Gasteiger partial charge in [-0.15, -0.1) is 11.8 Å². The summed E-state index contributed by atoms with van der Waals surface area (Å²) in [6.07, 6.45) is 0. The number of nitrogens with one attached hydrogen (secondary N) is 1. The second kappa shape index (κ2) is 9.22. The molecular formula is C24H21FN2O3S. The summed E-state index contributed by atoms with van der Waals surface area (Å²) >= 11 is 1.54. The Kier molecular flexibility index (Phi) is 6.23. The molecule has 1 aliphatic heterocycles. The highest BCUT2D eigenvalue weighted by molar-refractivity contribution is 8.00. The highest BCUT2D eigenvalue weighted by atomic mass is 32.2. The lowest BCUT2D eigenvalue weighted by Crippen LogP contribution is -2.27. The van der Waals surface area contributed by atoms with E-state index in [1.54, 1.807) is 11.0 Å². The minimum absolute atomic E-state index is 0.0277. The summed E-state index contributed by atoms with van der Waals surface area (Å²) in [5.74, 6) is 0.448. The average Bonchev–Trinajstić information content (AvgIpc) is 3.16. The quantitative estimate of drug-likeness (QED) is 0.573. The number of thioether (sulfide) groups is 1. The molecule has 158 valence electrons. The van der Waals surface area contributed by atoms with E-state index in [9.17, 15) is 14.0 Å². The Balaban J connectivity index is 1.55. The molecule has 1 fully saturated rings. The Morgan fingerprint density at radius 1 is 1.13 bits per heavy atom. The molecule has 1 N–H and O–H groups in total. The molecule has 1 unspecified atom stereocenters. The molecule has 1 saturated heterocycles. The molecule has 0 radical (unpaired) electrons. The highest BCUT2D eigenvalue weighted by Crippen LogP contribution is 2.42. The van der Waals surface area contributed by atoms with E-state index in [1.807, 2.05) is 49.4 Å². The first-order valence-corrected chi connectivity index (χ1v) is 10.9. The van der Waals surface area contributed by atoms with Crippen molar-refractivity contribution in [3.63, 3.8) is 0 Å². The van der Waals surface area contributed by atoms with Crippen molar-refractivity contribution >= 4 is 35.0 Å². The molecule has 4 rings (SSSR count). The van der Waals surface area contributed by atoms with Gasteiger partial charge in [0.15, 0.2) is 0 Å². The van der Waals surface area contributed by atoms with Crippen LogP contribution in [0.15, 0.2) is 72.8 Å². The van der Waals surface area contributed by atoms with Crippen LogP contribution in [0.5, 0.6) is 5.75 Å². The van der Waals surface area contributed by atoms with Gasteiger partial charge in [-0.3, -0.25) is 14.5 Å². The zero-order valence-corrected chi connectivity index (χ0v) is 17.7. The van der Waals surface area contributed by atoms with Crippen molar-refractivity contribution in [2.45, 2.75) is 12.3 Å². The fraction of sp³-hybridized carbons (Fsp3) is 0.167. The number of amides is 2. The molecule has 7 heteroatoms. The van der Waals surface area contributed by atoms with Crippen molar-refractivity contribution in [2.24, 2.45) is 0 Å². The van der Waals surface area contributed by atoms with Gasteiger partial charge in [0.05, 0.1) is 12.4 Å². The van der Waals surface area contributed by atoms with Crippen molar-refractivity contribution < 1.29 is 18.7 Å². The predicted octanol–water partition coefficient (Wildman–Crippen LogP) is 5.26. The molecule has 1 heterocycles. The van der Waals surface area contributed by atoms with Crippen molar-refractivity contribution in [2.75, 3.05) is 22.6 Å². The molecule has 5 nitrogen and oxygen atoms in total. The summed E-state index contributed by atoms with van der Waals surface area (Å²) in [7, 11) is 0. The topological polar surface area (TPSA) is 58.6 Å². The molecule has 0 saturated carbocycles. The van der Waals surface area contributed by atoms with Crippen LogP contribution in [0, 0.1) is 5.82 Å². The maximum atomic E-state index is 13.1. The third-order valence-electron chi connectivity index (χ3n) is 4.83. The first-order valence-electron chi connectivity index (χ1n) is 9.88. The molecule has 0 spiro atoms. The van der Waals surface area contributed by atoms with Crippen LogP contribution in [0.25, 0.3) is 0 Å². The summed E-state index contributed by atoms with van der Waals surface area (Å²) < 4.78 is 18.6. The van der Waals surface area contributed by atoms with E-state index in [0.29, 0.717) is 23.6 Å². The lowest BCUT2D eigenvalue weighted by atomic mass is 10.1. The lowest BCUT2D eigenvalue weighted by molar-refractivity contribution is -0.115. The lowest BCUT2D eigenvalue weighted by Gasteiger charge is -2.25. The summed E-state index contributed by atoms with van der Waals surface area (Å²) in [6.45, 7) is 2.50. The molecular weight excluding hydrogens is 415 g/mol. The van der Waals surface area contributed by atoms with Crippen molar-refractivity contribution in [1.29, 1.82) is 0 Å². The number of hydrogen-bond acceptors (Lipinski definition) is 4. The van der Waals surface area contributed by atoms with Gasteiger partial charge in [0.2, 0.25) is 5.91 Å². The zero-order valence-electron chi connectivity index (χ0n) is 16.9. The SMILES string of the molecule is CCOc1ccc(N2C(=O)CSC2c2cccc(NC(=O)c3ccc(F)cc3)c2)cc1. The summed E-state index contributed by atoms with van der Waals surface area (Å²) in [6, 6.07) is 20.3. The van der Waals surface area contributed by atoms with Crippen LogP contribution in [-0.4, -0.2) is 24.2 Å². The third kappa shape index (κ3) is 4.72. The molecule has 0 aromatic heterocycles. The van der Waals surface area contributed by atoms with Gasteiger partial charge in [0.1, 0.15) is 16.9 Å². The van der Waals surface area contributed by atoms with E-state index in [0.717, 1.165) is 17.0 Å². The fourth-order valence-corrected chi connectivity index (χ4v) is 4.56. The van der Waals surface area contributed by atoms with Crippen LogP contribution in [0.1, 0.15) is 28.2 Å². The van der Waals surface area contributed by atoms with Gasteiger partial charge in [-0.2, -0.15) is 0 Å². The minimum atomic E-state index is -0.393. The molecule has 2 amide bonds. The number of carbonyl (C=O) groups is 2. The Morgan fingerprint density at radius 2 is 1.87 bits per heavy atom. The van der Waals surface area contributed by atoms with E-state index in [1.165, 1.54) is 36.0 Å². The number of nitrogens with zero attached hydrogens (tertiary/aromatic N) is 1. The van der Waals surface area contributed by atoms with Crippen LogP contribution >= 0.6 is 11.8 Å². The molecule has 31 heavy (non-hydrogen) atoms. The molecule has 3 aromatic carbocycles. The largest absolute Gasteiger partial charge is 0.494 e. The fourth-order valence-electron chi connectivity index (χ4n) is 3.39. The number of benzene rings is 3. The smallest absolute Gasteiger partial charge is 0.255 e. The number of ether oxygens (including phenoxy) is 1. The second-order valence-corrected chi connectivity index (χ2v) is 8.01. The van der Waals surface area contributed by atoms with Gasteiger partial charge in [-0.05, 0) is 73.2 Å². The molecule has 1 atom stereocenters. The number of hydrogen-bond donors (Lipinski definition) is 1. The van der Waals surface area contributed by atoms with Crippen molar-refractivity contribution in [3.8, 4) is 5.75 Å². The van der Waals surface area contributed by atoms with Gasteiger partial charge in [0.25, 0.3) is 5.91 Å². The van der Waals surface area contributed by atoms with Crippen LogP contribution in [0.3, 0.4) is 0 Å². The minimum Gasteiger partial charge on any atom is -0.494 e. The standard InChI is InChI=1S/C24H21FN2O3S/c1-2-30-21-12-10-20(11-13-21)27-22(28)15-31-24(27)17-4-3-5-19(14-17)26-23(29)16-6-8-18(25)9-7-16/h3-14,24H,2,15H2,1H3,(H,26,29). The Labute approximate surface area is 184 Å². The van der Waals surface area contributed by atoms with Crippen LogP contribution in [-0.2, 0) is 4.79 Å². The predicted molar refractivity (Wildman–Crippen MR) is 121 cm³/mol. The van der Waals surface area contributed by atoms with Gasteiger partial charge in [-0.1, -0.05) is 12.1 Å². The summed E-state index contributed by atoms with van der Waals surface area (Å²) in [5.41, 5.74) is 2.68. The van der Waals surface area contributed by atoms with Gasteiger partial charge in [-0.25, -0.2) is 4.39 Å². The summed E-state index contributed by atoms with van der Waals surface area (Å²) in [5, 5.41) is 2.64. The van der Waals surface area contributed by atoms with Crippen LogP contribution in [0.2, 0.25) is 0 Å². The highest BCUT2D eigenvalue weighted by Gasteiger charge is 2.34. The molecule has 0 aliphatic carbocycles. The molecule has 0 bridgehead atoms. The maximum absolute atomic E-state index is 13.1. The van der Waals surface area contributed by atoms with Crippen molar-refractivity contribution in [3.05, 3.63) is 89.7 Å². The van der Waals surface area contributed by atoms with Gasteiger partial charge in [0, 0.05) is 16.9 Å². The summed E-state index contributed by atoms with van der Waals surface area (Å²) in [4.78, 5) is 26.8. The zero-order chi connectivity index (χ0) is 21.8. The number of halogens is 1. The van der Waals surface area contributed by atoms with E-state index < -0.39 is 5.82 Å². The third-order valence-corrected chi connectivity index (χ3v) is 6.04. The van der Waals surface area contributed by atoms with E-state index in [-0.39, 0.29) is 17.2 Å². The Hall–Kier alpha value is -3.32. The van der Waals surface area contributed by atoms with Crippen LogP contribution in [0.4, 0.5) is 15.8 Å². The van der Waals surface area contributed by atoms with Crippen LogP contribution < -0.4 is 15.0 Å². The van der Waals surface area contributed by atoms with Gasteiger partial charge < -0.3 is 10.1 Å². The maximum Gasteiger partial charge on any atom is 0.255 e. The van der Waals surface area contributed by atoms with Crippen molar-refractivity contribution in [1.82, 2.24) is 0 Å². The van der Waals surface area contributed by atoms with Gasteiger partial charge >= 0.3 is 0 Å². The monoisotopic (exact) mass is 436 g/mol. The van der Waals surface area contributed by atoms with E-state index in [4.69, 9.17) is 4.74 Å². The Morgan fingerprint density at radius 3 is 2.58 bits per heavy atom. The second-order valence-electron chi connectivity index (χ2n) is 6.94. The average molecular weight is 437 g/mol.